The van der Waals surface area contributed by atoms with Crippen LogP contribution in [0.3, 0.4) is 0 Å². The summed E-state index contributed by atoms with van der Waals surface area (Å²) in [6.07, 6.45) is -0.173. The number of carbonyl (C=O) groups excluding carboxylic acids is 1. The van der Waals surface area contributed by atoms with Crippen molar-refractivity contribution in [3.8, 4) is 11.8 Å². The molecule has 0 aliphatic rings. The predicted molar refractivity (Wildman–Crippen MR) is 86.1 cm³/mol. The third-order valence-electron chi connectivity index (χ3n) is 2.79. The molecule has 0 aliphatic carbocycles. The maximum absolute atomic E-state index is 11.3. The molecule has 0 radical (unpaired) electrons. The van der Waals surface area contributed by atoms with E-state index in [9.17, 15) is 4.79 Å². The quantitative estimate of drug-likeness (QED) is 0.879. The molecule has 0 spiro atoms. The van der Waals surface area contributed by atoms with Crippen LogP contribution in [0.2, 0.25) is 10.0 Å². The SMILES string of the molecule is N#CCC(=O)Nc1ccc(OCc2ccc(Cl)cc2Cl)cc1. The summed E-state index contributed by atoms with van der Waals surface area (Å²) in [5.74, 6) is 0.299. The molecular weight excluding hydrogens is 323 g/mol. The van der Waals surface area contributed by atoms with Crippen LogP contribution < -0.4 is 10.1 Å². The minimum atomic E-state index is -0.343. The smallest absolute Gasteiger partial charge is 0.238 e. The highest BCUT2D eigenvalue weighted by molar-refractivity contribution is 6.35. The number of hydrogen-bond acceptors (Lipinski definition) is 3. The van der Waals surface area contributed by atoms with Crippen molar-refractivity contribution in [1.29, 1.82) is 5.26 Å². The van der Waals surface area contributed by atoms with E-state index in [4.69, 9.17) is 33.2 Å². The summed E-state index contributed by atoms with van der Waals surface area (Å²) >= 11 is 11.9. The second-order valence-electron chi connectivity index (χ2n) is 4.43. The van der Waals surface area contributed by atoms with Crippen molar-refractivity contribution in [3.63, 3.8) is 0 Å². The van der Waals surface area contributed by atoms with Crippen LogP contribution in [0.25, 0.3) is 0 Å². The Hall–Kier alpha value is -2.22. The van der Waals surface area contributed by atoms with Gasteiger partial charge >= 0.3 is 0 Å². The molecule has 6 heteroatoms. The highest BCUT2D eigenvalue weighted by atomic mass is 35.5. The molecule has 1 N–H and O–H groups in total. The van der Waals surface area contributed by atoms with Gasteiger partial charge in [0.05, 0.1) is 6.07 Å². The lowest BCUT2D eigenvalue weighted by Crippen LogP contribution is -2.09. The zero-order valence-electron chi connectivity index (χ0n) is 11.5. The van der Waals surface area contributed by atoms with Crippen molar-refractivity contribution in [2.24, 2.45) is 0 Å². The molecule has 2 aromatic carbocycles. The van der Waals surface area contributed by atoms with Crippen LogP contribution in [-0.4, -0.2) is 5.91 Å². The summed E-state index contributed by atoms with van der Waals surface area (Å²) < 4.78 is 5.63. The van der Waals surface area contributed by atoms with Gasteiger partial charge in [-0.15, -0.1) is 0 Å². The van der Waals surface area contributed by atoms with Crippen LogP contribution >= 0.6 is 23.2 Å². The fourth-order valence-electron chi connectivity index (χ4n) is 1.71. The van der Waals surface area contributed by atoms with E-state index in [0.29, 0.717) is 28.1 Å². The van der Waals surface area contributed by atoms with Crippen LogP contribution in [0, 0.1) is 11.3 Å². The molecule has 0 bridgehead atoms. The highest BCUT2D eigenvalue weighted by Gasteiger charge is 2.04. The van der Waals surface area contributed by atoms with Gasteiger partial charge in [-0.05, 0) is 36.4 Å². The number of nitrogens with one attached hydrogen (secondary N) is 1. The molecule has 1 amide bonds. The first kappa shape index (κ1) is 16.2. The minimum absolute atomic E-state index is 0.173. The van der Waals surface area contributed by atoms with Crippen LogP contribution in [0.4, 0.5) is 5.69 Å². The molecule has 22 heavy (non-hydrogen) atoms. The number of halogens is 2. The van der Waals surface area contributed by atoms with Gasteiger partial charge in [0.15, 0.2) is 0 Å². The molecule has 0 atom stereocenters. The van der Waals surface area contributed by atoms with Crippen molar-refractivity contribution in [1.82, 2.24) is 0 Å². The van der Waals surface area contributed by atoms with E-state index in [1.807, 2.05) is 0 Å². The Labute approximate surface area is 138 Å². The van der Waals surface area contributed by atoms with Gasteiger partial charge in [-0.3, -0.25) is 4.79 Å². The van der Waals surface area contributed by atoms with Crippen molar-refractivity contribution in [2.75, 3.05) is 5.32 Å². The lowest BCUT2D eigenvalue weighted by molar-refractivity contribution is -0.115. The van der Waals surface area contributed by atoms with Crippen molar-refractivity contribution < 1.29 is 9.53 Å². The highest BCUT2D eigenvalue weighted by Crippen LogP contribution is 2.23. The van der Waals surface area contributed by atoms with E-state index in [2.05, 4.69) is 5.32 Å². The number of benzene rings is 2. The van der Waals surface area contributed by atoms with Gasteiger partial charge in [0.1, 0.15) is 18.8 Å². The molecule has 112 valence electrons. The number of nitrogens with zero attached hydrogens (tertiary/aromatic N) is 1. The lowest BCUT2D eigenvalue weighted by Gasteiger charge is -2.09. The van der Waals surface area contributed by atoms with Crippen molar-refractivity contribution in [2.45, 2.75) is 13.0 Å². The molecular formula is C16H12Cl2N2O2. The fourth-order valence-corrected chi connectivity index (χ4v) is 2.17. The molecule has 0 aliphatic heterocycles. The van der Waals surface area contributed by atoms with Crippen molar-refractivity contribution in [3.05, 3.63) is 58.1 Å². The molecule has 0 saturated carbocycles. The lowest BCUT2D eigenvalue weighted by atomic mass is 10.2. The van der Waals surface area contributed by atoms with Gasteiger partial charge in [0, 0.05) is 21.3 Å². The maximum Gasteiger partial charge on any atom is 0.238 e. The van der Waals surface area contributed by atoms with Gasteiger partial charge in [-0.2, -0.15) is 5.26 Å². The summed E-state index contributed by atoms with van der Waals surface area (Å²) in [5.41, 5.74) is 1.44. The normalized spacial score (nSPS) is 9.86. The van der Waals surface area contributed by atoms with Crippen LogP contribution in [0.15, 0.2) is 42.5 Å². The Balaban J connectivity index is 1.94. The summed E-state index contributed by atoms with van der Waals surface area (Å²) in [5, 5.41) is 12.2. The Kier molecular flexibility index (Phi) is 5.65. The molecule has 0 aromatic heterocycles. The first-order valence-corrected chi connectivity index (χ1v) is 7.17. The minimum Gasteiger partial charge on any atom is -0.489 e. The Morgan fingerprint density at radius 3 is 2.55 bits per heavy atom. The Morgan fingerprint density at radius 1 is 1.18 bits per heavy atom. The molecule has 4 nitrogen and oxygen atoms in total. The van der Waals surface area contributed by atoms with Gasteiger partial charge in [-0.25, -0.2) is 0 Å². The van der Waals surface area contributed by atoms with Gasteiger partial charge in [-0.1, -0.05) is 29.3 Å². The van der Waals surface area contributed by atoms with Crippen LogP contribution in [0.1, 0.15) is 12.0 Å². The van der Waals surface area contributed by atoms with Gasteiger partial charge in [0.2, 0.25) is 5.91 Å². The van der Waals surface area contributed by atoms with E-state index in [1.165, 1.54) is 0 Å². The van der Waals surface area contributed by atoms with Crippen LogP contribution in [-0.2, 0) is 11.4 Å². The summed E-state index contributed by atoms with van der Waals surface area (Å²) in [6.45, 7) is 0.316. The van der Waals surface area contributed by atoms with E-state index >= 15 is 0 Å². The fraction of sp³-hybridized carbons (Fsp3) is 0.125. The number of anilines is 1. The summed E-state index contributed by atoms with van der Waals surface area (Å²) in [7, 11) is 0. The third kappa shape index (κ3) is 4.66. The number of ether oxygens (including phenoxy) is 1. The number of nitriles is 1. The molecule has 0 fully saturated rings. The standard InChI is InChI=1S/C16H12Cl2N2O2/c17-12-2-1-11(15(18)9-12)10-22-14-5-3-13(4-6-14)20-16(21)7-8-19/h1-6,9H,7,10H2,(H,20,21). The average molecular weight is 335 g/mol. The first-order valence-electron chi connectivity index (χ1n) is 6.42. The zero-order chi connectivity index (χ0) is 15.9. The predicted octanol–water partition coefficient (Wildman–Crippen LogP) is 4.42. The van der Waals surface area contributed by atoms with Crippen LogP contribution in [0.5, 0.6) is 5.75 Å². The van der Waals surface area contributed by atoms with E-state index < -0.39 is 0 Å². The van der Waals surface area contributed by atoms with E-state index in [0.717, 1.165) is 5.56 Å². The third-order valence-corrected chi connectivity index (χ3v) is 3.37. The number of carbonyl (C=O) groups is 1. The van der Waals surface area contributed by atoms with Gasteiger partial charge < -0.3 is 10.1 Å². The average Bonchev–Trinajstić information content (AvgIpc) is 2.48. The largest absolute Gasteiger partial charge is 0.489 e. The van der Waals surface area contributed by atoms with E-state index in [-0.39, 0.29) is 12.3 Å². The number of hydrogen-bond donors (Lipinski definition) is 1. The number of amides is 1. The van der Waals surface area contributed by atoms with Crippen molar-refractivity contribution >= 4 is 34.8 Å². The van der Waals surface area contributed by atoms with E-state index in [1.54, 1.807) is 48.5 Å². The number of rotatable bonds is 5. The first-order chi connectivity index (χ1) is 10.6. The molecule has 0 saturated heterocycles. The Bertz CT molecular complexity index is 709. The maximum atomic E-state index is 11.3. The second kappa shape index (κ2) is 7.69. The Morgan fingerprint density at radius 2 is 1.91 bits per heavy atom. The van der Waals surface area contributed by atoms with Gasteiger partial charge in [0.25, 0.3) is 0 Å². The molecule has 0 unspecified atom stereocenters. The zero-order valence-corrected chi connectivity index (χ0v) is 13.0. The molecule has 2 aromatic rings. The second-order valence-corrected chi connectivity index (χ2v) is 5.28. The summed E-state index contributed by atoms with van der Waals surface area (Å²) in [6, 6.07) is 13.9. The topological polar surface area (TPSA) is 62.1 Å². The molecule has 2 rings (SSSR count). The summed E-state index contributed by atoms with van der Waals surface area (Å²) in [4.78, 5) is 11.3. The monoisotopic (exact) mass is 334 g/mol. The molecule has 0 heterocycles.